The number of nitrogens with zero attached hydrogens (tertiary/aromatic N) is 3. The van der Waals surface area contributed by atoms with Crippen molar-refractivity contribution in [3.05, 3.63) is 59.4 Å². The highest BCUT2D eigenvalue weighted by atomic mass is 16.2. The number of benzene rings is 1. The number of carbonyl (C=O) groups is 1. The van der Waals surface area contributed by atoms with Gasteiger partial charge in [0.1, 0.15) is 5.54 Å². The summed E-state index contributed by atoms with van der Waals surface area (Å²) in [5.74, 6) is 0.192. The molecule has 1 aromatic heterocycles. The van der Waals surface area contributed by atoms with Crippen molar-refractivity contribution in [3.63, 3.8) is 0 Å². The first-order valence-electron chi connectivity index (χ1n) is 8.15. The van der Waals surface area contributed by atoms with Gasteiger partial charge < -0.3 is 4.90 Å². The number of likely N-dealkylation sites (N-methyl/N-ethyl adjacent to an activating group) is 1. The highest BCUT2D eigenvalue weighted by molar-refractivity contribution is 6.03. The first-order valence-corrected chi connectivity index (χ1v) is 8.15. The normalized spacial score (nSPS) is 22.3. The van der Waals surface area contributed by atoms with Crippen LogP contribution in [0.5, 0.6) is 0 Å². The van der Waals surface area contributed by atoms with Crippen LogP contribution in [0.3, 0.4) is 0 Å². The predicted molar refractivity (Wildman–Crippen MR) is 90.4 cm³/mol. The average molecular weight is 307 g/mol. The zero-order valence-electron chi connectivity index (χ0n) is 13.6. The van der Waals surface area contributed by atoms with Crippen molar-refractivity contribution in [1.29, 1.82) is 0 Å². The summed E-state index contributed by atoms with van der Waals surface area (Å²) >= 11 is 0. The molecule has 1 unspecified atom stereocenters. The Bertz CT molecular complexity index is 771. The zero-order valence-corrected chi connectivity index (χ0v) is 13.6. The summed E-state index contributed by atoms with van der Waals surface area (Å²) in [7, 11) is 4.03. The number of aryl methyl sites for hydroxylation is 1. The number of aromatic nitrogens is 1. The van der Waals surface area contributed by atoms with Crippen molar-refractivity contribution in [2.24, 2.45) is 0 Å². The molecule has 0 saturated carbocycles. The molecule has 0 N–H and O–H groups in total. The number of hydrogen-bond acceptors (Lipinski definition) is 3. The Balaban J connectivity index is 1.80. The molecule has 0 fully saturated rings. The van der Waals surface area contributed by atoms with Crippen LogP contribution < -0.4 is 4.90 Å². The molecule has 0 radical (unpaired) electrons. The first kappa shape index (κ1) is 14.4. The number of carbonyl (C=O) groups excluding carboxylic acids is 1. The average Bonchev–Trinajstić information content (AvgIpc) is 3.17. The van der Waals surface area contributed by atoms with Gasteiger partial charge in [-0.15, -0.1) is 0 Å². The lowest BCUT2D eigenvalue weighted by atomic mass is 9.88. The quantitative estimate of drug-likeness (QED) is 0.855. The van der Waals surface area contributed by atoms with Crippen LogP contribution in [0.1, 0.15) is 23.1 Å². The predicted octanol–water partition coefficient (Wildman–Crippen LogP) is 2.37. The van der Waals surface area contributed by atoms with Gasteiger partial charge in [0.15, 0.2) is 0 Å². The van der Waals surface area contributed by atoms with Crippen LogP contribution in [-0.2, 0) is 23.2 Å². The molecule has 23 heavy (non-hydrogen) atoms. The molecule has 2 aliphatic rings. The van der Waals surface area contributed by atoms with Crippen molar-refractivity contribution in [2.75, 3.05) is 25.5 Å². The second kappa shape index (κ2) is 5.17. The number of hydrogen-bond donors (Lipinski definition) is 0. The zero-order chi connectivity index (χ0) is 16.0. The summed E-state index contributed by atoms with van der Waals surface area (Å²) < 4.78 is 0. The fourth-order valence-electron chi connectivity index (χ4n) is 4.13. The van der Waals surface area contributed by atoms with Crippen molar-refractivity contribution < 1.29 is 4.79 Å². The molecule has 1 aromatic carbocycles. The Kier molecular flexibility index (Phi) is 3.23. The van der Waals surface area contributed by atoms with E-state index in [4.69, 9.17) is 0 Å². The third kappa shape index (κ3) is 1.94. The van der Waals surface area contributed by atoms with Crippen LogP contribution in [0.2, 0.25) is 0 Å². The van der Waals surface area contributed by atoms with Gasteiger partial charge in [-0.2, -0.15) is 0 Å². The molecule has 0 bridgehead atoms. The van der Waals surface area contributed by atoms with Gasteiger partial charge in [0.25, 0.3) is 5.91 Å². The summed E-state index contributed by atoms with van der Waals surface area (Å²) in [5, 5.41) is 0. The van der Waals surface area contributed by atoms with Crippen molar-refractivity contribution in [2.45, 2.75) is 24.8 Å². The van der Waals surface area contributed by atoms with Gasteiger partial charge in [0.2, 0.25) is 0 Å². The Labute approximate surface area is 136 Å². The van der Waals surface area contributed by atoms with Crippen molar-refractivity contribution in [3.8, 4) is 0 Å². The van der Waals surface area contributed by atoms with Crippen LogP contribution in [0.25, 0.3) is 0 Å². The van der Waals surface area contributed by atoms with Gasteiger partial charge in [-0.25, -0.2) is 0 Å². The minimum atomic E-state index is -0.554. The molecular weight excluding hydrogens is 286 g/mol. The monoisotopic (exact) mass is 307 g/mol. The van der Waals surface area contributed by atoms with Gasteiger partial charge in [-0.3, -0.25) is 14.7 Å². The van der Waals surface area contributed by atoms with Crippen molar-refractivity contribution in [1.82, 2.24) is 9.88 Å². The van der Waals surface area contributed by atoms with Gasteiger partial charge in [-0.05, 0) is 56.1 Å². The van der Waals surface area contributed by atoms with Crippen LogP contribution >= 0.6 is 0 Å². The Morgan fingerprint density at radius 3 is 2.83 bits per heavy atom. The standard InChI is InChI=1S/C19H21N3O/c1-21(2)19(10-7-14-5-3-4-6-16(14)19)18(23)22-12-9-15-13-20-11-8-17(15)22/h3-6,8,11,13H,7,9-10,12H2,1-2H3. The molecule has 118 valence electrons. The maximum atomic E-state index is 13.6. The molecule has 4 rings (SSSR count). The summed E-state index contributed by atoms with van der Waals surface area (Å²) in [6.07, 6.45) is 6.34. The fraction of sp³-hybridized carbons (Fsp3) is 0.368. The minimum absolute atomic E-state index is 0.192. The van der Waals surface area contributed by atoms with Gasteiger partial charge in [-0.1, -0.05) is 24.3 Å². The highest BCUT2D eigenvalue weighted by Gasteiger charge is 2.50. The van der Waals surface area contributed by atoms with E-state index in [2.05, 4.69) is 28.1 Å². The molecule has 4 nitrogen and oxygen atoms in total. The number of amides is 1. The summed E-state index contributed by atoms with van der Waals surface area (Å²) in [4.78, 5) is 21.8. The van der Waals surface area contributed by atoms with Crippen molar-refractivity contribution >= 4 is 11.6 Å². The second-order valence-electron chi connectivity index (χ2n) is 6.62. The Hall–Kier alpha value is -2.20. The second-order valence-corrected chi connectivity index (χ2v) is 6.62. The number of fused-ring (bicyclic) bond motifs is 2. The molecule has 4 heteroatoms. The summed E-state index contributed by atoms with van der Waals surface area (Å²) in [5.41, 5.74) is 4.10. The van der Waals surface area contributed by atoms with E-state index in [-0.39, 0.29) is 5.91 Å². The largest absolute Gasteiger partial charge is 0.310 e. The van der Waals surface area contributed by atoms with E-state index in [9.17, 15) is 4.79 Å². The Morgan fingerprint density at radius 2 is 2.00 bits per heavy atom. The van der Waals surface area contributed by atoms with Crippen LogP contribution in [0, 0.1) is 0 Å². The third-order valence-corrected chi connectivity index (χ3v) is 5.35. The molecule has 1 aliphatic carbocycles. The molecule has 1 aliphatic heterocycles. The van der Waals surface area contributed by atoms with E-state index in [0.29, 0.717) is 0 Å². The molecule has 0 spiro atoms. The van der Waals surface area contributed by atoms with E-state index < -0.39 is 5.54 Å². The fourth-order valence-corrected chi connectivity index (χ4v) is 4.13. The van der Waals surface area contributed by atoms with E-state index in [0.717, 1.165) is 37.1 Å². The topological polar surface area (TPSA) is 36.4 Å². The molecule has 1 atom stereocenters. The highest BCUT2D eigenvalue weighted by Crippen LogP contribution is 2.43. The van der Waals surface area contributed by atoms with E-state index in [1.807, 2.05) is 37.3 Å². The Morgan fingerprint density at radius 1 is 1.17 bits per heavy atom. The van der Waals surface area contributed by atoms with Gasteiger partial charge in [0, 0.05) is 18.9 Å². The maximum Gasteiger partial charge on any atom is 0.252 e. The third-order valence-electron chi connectivity index (χ3n) is 5.35. The van der Waals surface area contributed by atoms with Gasteiger partial charge in [0.05, 0.1) is 5.69 Å². The summed E-state index contributed by atoms with van der Waals surface area (Å²) in [6, 6.07) is 10.3. The molecule has 0 saturated heterocycles. The van der Waals surface area contributed by atoms with E-state index in [1.54, 1.807) is 6.20 Å². The summed E-state index contributed by atoms with van der Waals surface area (Å²) in [6.45, 7) is 0.748. The maximum absolute atomic E-state index is 13.6. The number of anilines is 1. The minimum Gasteiger partial charge on any atom is -0.310 e. The van der Waals surface area contributed by atoms with Gasteiger partial charge >= 0.3 is 0 Å². The SMILES string of the molecule is CN(C)C1(C(=O)N2CCc3cnccc32)CCc2ccccc21. The molecule has 2 aromatic rings. The molecule has 1 amide bonds. The number of rotatable bonds is 2. The lowest BCUT2D eigenvalue weighted by Gasteiger charge is -2.39. The molecule has 2 heterocycles. The molecular formula is C19H21N3O. The van der Waals surface area contributed by atoms with E-state index >= 15 is 0 Å². The lowest BCUT2D eigenvalue weighted by molar-refractivity contribution is -0.129. The van der Waals surface area contributed by atoms with Crippen LogP contribution in [0.15, 0.2) is 42.7 Å². The smallest absolute Gasteiger partial charge is 0.252 e. The number of pyridine rings is 1. The van der Waals surface area contributed by atoms with Crippen LogP contribution in [-0.4, -0.2) is 36.4 Å². The lowest BCUT2D eigenvalue weighted by Crippen LogP contribution is -2.53. The van der Waals surface area contributed by atoms with E-state index in [1.165, 1.54) is 11.1 Å². The van der Waals surface area contributed by atoms with Crippen LogP contribution in [0.4, 0.5) is 5.69 Å². The first-order chi connectivity index (χ1) is 11.1.